The van der Waals surface area contributed by atoms with Gasteiger partial charge in [0.15, 0.2) is 0 Å². The predicted molar refractivity (Wildman–Crippen MR) is 124 cm³/mol. The topological polar surface area (TPSA) is 56.2 Å². The Morgan fingerprint density at radius 2 is 1.61 bits per heavy atom. The molecule has 0 spiro atoms. The van der Waals surface area contributed by atoms with Gasteiger partial charge in [-0.25, -0.2) is 4.98 Å². The zero-order chi connectivity index (χ0) is 21.3. The zero-order valence-electron chi connectivity index (χ0n) is 17.5. The highest BCUT2D eigenvalue weighted by Crippen LogP contribution is 2.14. The molecule has 0 saturated carbocycles. The van der Waals surface area contributed by atoms with Crippen LogP contribution in [0.25, 0.3) is 10.9 Å². The number of aromatic nitrogens is 2. The fourth-order valence-corrected chi connectivity index (χ4v) is 3.49. The number of fused-ring (bicyclic) bond motifs is 1. The number of nitrogens with one attached hydrogen (secondary N) is 1. The summed E-state index contributed by atoms with van der Waals surface area (Å²) in [6, 6.07) is 25.9. The molecule has 0 aliphatic heterocycles. The van der Waals surface area contributed by atoms with Gasteiger partial charge in [0.25, 0.3) is 5.56 Å². The first kappa shape index (κ1) is 20.8. The Labute approximate surface area is 182 Å². The SMILES string of the molecule is O=c1c2ccccc2ncn1CCCNCCc1ccc(OCc2ccccc2)cc1. The van der Waals surface area contributed by atoms with Crippen molar-refractivity contribution >= 4 is 10.9 Å². The number of aryl methyl sites for hydroxylation is 1. The minimum absolute atomic E-state index is 0.0279. The molecule has 3 aromatic carbocycles. The fraction of sp³-hybridized carbons (Fsp3) is 0.231. The molecule has 0 aliphatic rings. The maximum atomic E-state index is 12.5. The van der Waals surface area contributed by atoms with Crippen molar-refractivity contribution < 1.29 is 4.74 Å². The highest BCUT2D eigenvalue weighted by molar-refractivity contribution is 5.76. The van der Waals surface area contributed by atoms with Gasteiger partial charge in [0, 0.05) is 6.54 Å². The van der Waals surface area contributed by atoms with E-state index in [9.17, 15) is 4.79 Å². The monoisotopic (exact) mass is 413 g/mol. The lowest BCUT2D eigenvalue weighted by Gasteiger charge is -2.09. The Kier molecular flexibility index (Phi) is 7.08. The summed E-state index contributed by atoms with van der Waals surface area (Å²) in [5.41, 5.74) is 3.21. The van der Waals surface area contributed by atoms with E-state index >= 15 is 0 Å². The molecular weight excluding hydrogens is 386 g/mol. The highest BCUT2D eigenvalue weighted by Gasteiger charge is 2.03. The quantitative estimate of drug-likeness (QED) is 0.396. The fourth-order valence-electron chi connectivity index (χ4n) is 3.49. The third kappa shape index (κ3) is 5.80. The second-order valence-electron chi connectivity index (χ2n) is 7.53. The van der Waals surface area contributed by atoms with Gasteiger partial charge in [-0.3, -0.25) is 9.36 Å². The summed E-state index contributed by atoms with van der Waals surface area (Å²) in [5.74, 6) is 0.884. The molecule has 0 bridgehead atoms. The number of benzene rings is 3. The van der Waals surface area contributed by atoms with Crippen LogP contribution in [0.1, 0.15) is 17.5 Å². The summed E-state index contributed by atoms with van der Waals surface area (Å²) in [4.78, 5) is 16.8. The smallest absolute Gasteiger partial charge is 0.261 e. The third-order valence-electron chi connectivity index (χ3n) is 5.25. The molecule has 0 aliphatic carbocycles. The van der Waals surface area contributed by atoms with E-state index < -0.39 is 0 Å². The van der Waals surface area contributed by atoms with Gasteiger partial charge in [-0.05, 0) is 61.3 Å². The van der Waals surface area contributed by atoms with Crippen molar-refractivity contribution in [2.24, 2.45) is 0 Å². The average Bonchev–Trinajstić information content (AvgIpc) is 2.83. The van der Waals surface area contributed by atoms with Gasteiger partial charge >= 0.3 is 0 Å². The van der Waals surface area contributed by atoms with Gasteiger partial charge in [-0.15, -0.1) is 0 Å². The molecule has 31 heavy (non-hydrogen) atoms. The molecule has 0 unspecified atom stereocenters. The van der Waals surface area contributed by atoms with Gasteiger partial charge in [0.05, 0.1) is 17.2 Å². The van der Waals surface area contributed by atoms with Gasteiger partial charge in [-0.2, -0.15) is 0 Å². The van der Waals surface area contributed by atoms with Crippen molar-refractivity contribution in [3.63, 3.8) is 0 Å². The Balaban J connectivity index is 1.16. The van der Waals surface area contributed by atoms with Crippen molar-refractivity contribution in [1.29, 1.82) is 0 Å². The third-order valence-corrected chi connectivity index (χ3v) is 5.25. The normalized spacial score (nSPS) is 11.0. The summed E-state index contributed by atoms with van der Waals surface area (Å²) in [7, 11) is 0. The number of nitrogens with zero attached hydrogens (tertiary/aromatic N) is 2. The van der Waals surface area contributed by atoms with Crippen LogP contribution < -0.4 is 15.6 Å². The summed E-state index contributed by atoms with van der Waals surface area (Å²) >= 11 is 0. The summed E-state index contributed by atoms with van der Waals surface area (Å²) in [6.45, 7) is 3.00. The molecular formula is C26H27N3O2. The van der Waals surface area contributed by atoms with Crippen molar-refractivity contribution in [3.05, 3.63) is 107 Å². The summed E-state index contributed by atoms with van der Waals surface area (Å²) < 4.78 is 7.53. The number of hydrogen-bond acceptors (Lipinski definition) is 4. The minimum Gasteiger partial charge on any atom is -0.489 e. The molecule has 1 N–H and O–H groups in total. The lowest BCUT2D eigenvalue weighted by Crippen LogP contribution is -2.24. The summed E-state index contributed by atoms with van der Waals surface area (Å²) in [6.07, 6.45) is 3.48. The molecule has 1 aromatic heterocycles. The molecule has 0 amide bonds. The largest absolute Gasteiger partial charge is 0.489 e. The van der Waals surface area contributed by atoms with E-state index in [0.29, 0.717) is 18.5 Å². The van der Waals surface area contributed by atoms with Crippen LogP contribution in [0.15, 0.2) is 90.0 Å². The molecule has 0 atom stereocenters. The average molecular weight is 414 g/mol. The van der Waals surface area contributed by atoms with Gasteiger partial charge in [-0.1, -0.05) is 54.6 Å². The molecule has 5 nitrogen and oxygen atoms in total. The maximum Gasteiger partial charge on any atom is 0.261 e. The summed E-state index contributed by atoms with van der Waals surface area (Å²) in [5, 5.41) is 4.13. The number of para-hydroxylation sites is 1. The second-order valence-corrected chi connectivity index (χ2v) is 7.53. The zero-order valence-corrected chi connectivity index (χ0v) is 17.5. The molecule has 0 saturated heterocycles. The van der Waals surface area contributed by atoms with Crippen molar-refractivity contribution in [1.82, 2.24) is 14.9 Å². The lowest BCUT2D eigenvalue weighted by molar-refractivity contribution is 0.306. The van der Waals surface area contributed by atoms with E-state index in [1.54, 1.807) is 10.9 Å². The molecule has 158 valence electrons. The van der Waals surface area contributed by atoms with E-state index in [0.717, 1.165) is 42.8 Å². The van der Waals surface area contributed by atoms with Gasteiger partial charge in [0.2, 0.25) is 0 Å². The van der Waals surface area contributed by atoms with Crippen molar-refractivity contribution in [2.45, 2.75) is 26.0 Å². The molecule has 4 rings (SSSR count). The number of ether oxygens (including phenoxy) is 1. The first-order valence-electron chi connectivity index (χ1n) is 10.7. The van der Waals surface area contributed by atoms with Crippen LogP contribution in [0.4, 0.5) is 0 Å². The van der Waals surface area contributed by atoms with E-state index in [4.69, 9.17) is 4.74 Å². The lowest BCUT2D eigenvalue weighted by atomic mass is 10.1. The van der Waals surface area contributed by atoms with Crippen LogP contribution in [0.3, 0.4) is 0 Å². The Morgan fingerprint density at radius 3 is 2.45 bits per heavy atom. The standard InChI is InChI=1S/C26H27N3O2/c30-26-24-9-4-5-10-25(24)28-20-29(26)18-6-16-27-17-15-21-11-13-23(14-12-21)31-19-22-7-2-1-3-8-22/h1-5,7-14,20,27H,6,15-19H2. The maximum absolute atomic E-state index is 12.5. The first-order chi connectivity index (χ1) is 15.3. The van der Waals surface area contributed by atoms with E-state index in [-0.39, 0.29) is 5.56 Å². The van der Waals surface area contributed by atoms with E-state index in [2.05, 4.69) is 34.6 Å². The van der Waals surface area contributed by atoms with Crippen LogP contribution in [0.5, 0.6) is 5.75 Å². The van der Waals surface area contributed by atoms with Crippen LogP contribution in [-0.4, -0.2) is 22.6 Å². The van der Waals surface area contributed by atoms with Crippen LogP contribution >= 0.6 is 0 Å². The molecule has 1 heterocycles. The predicted octanol–water partition coefficient (Wildman–Crippen LogP) is 4.20. The Bertz CT molecular complexity index is 1150. The van der Waals surface area contributed by atoms with Crippen molar-refractivity contribution in [2.75, 3.05) is 13.1 Å². The molecule has 5 heteroatoms. The van der Waals surface area contributed by atoms with Gasteiger partial charge < -0.3 is 10.1 Å². The van der Waals surface area contributed by atoms with Crippen molar-refractivity contribution in [3.8, 4) is 5.75 Å². The Hall–Kier alpha value is -3.44. The molecule has 4 aromatic rings. The Morgan fingerprint density at radius 1 is 0.839 bits per heavy atom. The number of hydrogen-bond donors (Lipinski definition) is 1. The van der Waals surface area contributed by atoms with Crippen LogP contribution in [-0.2, 0) is 19.6 Å². The van der Waals surface area contributed by atoms with Gasteiger partial charge in [0.1, 0.15) is 12.4 Å². The van der Waals surface area contributed by atoms with Crippen LogP contribution in [0, 0.1) is 0 Å². The number of rotatable bonds is 10. The van der Waals surface area contributed by atoms with E-state index in [1.165, 1.54) is 5.56 Å². The first-order valence-corrected chi connectivity index (χ1v) is 10.7. The molecule has 0 radical (unpaired) electrons. The highest BCUT2D eigenvalue weighted by atomic mass is 16.5. The minimum atomic E-state index is 0.0279. The van der Waals surface area contributed by atoms with Crippen LogP contribution in [0.2, 0.25) is 0 Å². The molecule has 0 fully saturated rings. The van der Waals surface area contributed by atoms with E-state index in [1.807, 2.05) is 54.6 Å². The second kappa shape index (κ2) is 10.5.